The molecule has 2 aromatic heterocycles. The van der Waals surface area contributed by atoms with Crippen molar-refractivity contribution in [2.45, 2.75) is 26.2 Å². The summed E-state index contributed by atoms with van der Waals surface area (Å²) in [4.78, 5) is 22.2. The van der Waals surface area contributed by atoms with Crippen molar-refractivity contribution < 1.29 is 9.18 Å². The van der Waals surface area contributed by atoms with Gasteiger partial charge in [0.1, 0.15) is 11.5 Å². The minimum Gasteiger partial charge on any atom is -0.368 e. The van der Waals surface area contributed by atoms with Crippen LogP contribution in [0.2, 0.25) is 5.02 Å². The number of fused-ring (bicyclic) bond motifs is 1. The van der Waals surface area contributed by atoms with E-state index in [9.17, 15) is 9.18 Å². The molecule has 0 unspecified atom stereocenters. The molecule has 35 heavy (non-hydrogen) atoms. The van der Waals surface area contributed by atoms with E-state index < -0.39 is 0 Å². The summed E-state index contributed by atoms with van der Waals surface area (Å²) in [6, 6.07) is 17.8. The molecule has 0 bridgehead atoms. The Kier molecular flexibility index (Phi) is 5.97. The first kappa shape index (κ1) is 23.3. The molecule has 5 rings (SSSR count). The van der Waals surface area contributed by atoms with Gasteiger partial charge >= 0.3 is 0 Å². The van der Waals surface area contributed by atoms with Crippen LogP contribution in [0.15, 0.2) is 60.7 Å². The predicted octanol–water partition coefficient (Wildman–Crippen LogP) is 5.45. The van der Waals surface area contributed by atoms with Crippen LogP contribution in [0, 0.1) is 5.82 Å². The SMILES string of the molecule is CC(C)(C)c1cc2nc(C(=O)N3CCN(c4cccc(Cl)c4)CC3)cc(-c3ccccc3F)n2n1. The maximum Gasteiger partial charge on any atom is 0.272 e. The lowest BCUT2D eigenvalue weighted by Crippen LogP contribution is -2.49. The van der Waals surface area contributed by atoms with Crippen molar-refractivity contribution in [1.29, 1.82) is 0 Å². The molecule has 0 aliphatic carbocycles. The number of hydrogen-bond acceptors (Lipinski definition) is 4. The van der Waals surface area contributed by atoms with E-state index in [1.54, 1.807) is 33.7 Å². The highest BCUT2D eigenvalue weighted by molar-refractivity contribution is 6.30. The Morgan fingerprint density at radius 2 is 1.71 bits per heavy atom. The summed E-state index contributed by atoms with van der Waals surface area (Å²) >= 11 is 6.14. The maximum atomic E-state index is 14.8. The molecule has 1 aliphatic rings. The summed E-state index contributed by atoms with van der Waals surface area (Å²) in [6.45, 7) is 8.67. The molecule has 6 nitrogen and oxygen atoms in total. The molecule has 0 saturated carbocycles. The van der Waals surface area contributed by atoms with Gasteiger partial charge in [-0.1, -0.05) is 50.6 Å². The number of aromatic nitrogens is 3. The first-order valence-corrected chi connectivity index (χ1v) is 12.0. The smallest absolute Gasteiger partial charge is 0.272 e. The van der Waals surface area contributed by atoms with Gasteiger partial charge in [0.25, 0.3) is 5.91 Å². The van der Waals surface area contributed by atoms with Gasteiger partial charge in [-0.15, -0.1) is 0 Å². The van der Waals surface area contributed by atoms with Crippen LogP contribution >= 0.6 is 11.6 Å². The van der Waals surface area contributed by atoms with Crippen LogP contribution in [0.1, 0.15) is 37.0 Å². The number of hydrogen-bond donors (Lipinski definition) is 0. The number of rotatable bonds is 3. The second-order valence-corrected chi connectivity index (χ2v) is 10.3. The molecular formula is C27H27ClFN5O. The number of piperazine rings is 1. The molecule has 2 aromatic carbocycles. The van der Waals surface area contributed by atoms with E-state index in [1.165, 1.54) is 6.07 Å². The zero-order valence-corrected chi connectivity index (χ0v) is 20.8. The number of nitrogens with zero attached hydrogens (tertiary/aromatic N) is 5. The average Bonchev–Trinajstić information content (AvgIpc) is 3.29. The van der Waals surface area contributed by atoms with Gasteiger partial charge in [-0.3, -0.25) is 4.79 Å². The summed E-state index contributed by atoms with van der Waals surface area (Å²) in [7, 11) is 0. The molecule has 0 spiro atoms. The minimum atomic E-state index is -0.374. The third kappa shape index (κ3) is 4.60. The molecule has 1 saturated heterocycles. The Morgan fingerprint density at radius 1 is 0.971 bits per heavy atom. The second kappa shape index (κ2) is 8.96. The standard InChI is InChI=1S/C27H27ClFN5O/c1-27(2,3)24-17-25-30-22(16-23(34(25)31-24)20-9-4-5-10-21(20)29)26(35)33-13-11-32(12-14-33)19-8-6-7-18(28)15-19/h4-10,15-17H,11-14H2,1-3H3. The van der Waals surface area contributed by atoms with E-state index in [-0.39, 0.29) is 22.8 Å². The van der Waals surface area contributed by atoms with Crippen LogP contribution in [-0.2, 0) is 5.41 Å². The van der Waals surface area contributed by atoms with Gasteiger partial charge in [0.2, 0.25) is 0 Å². The van der Waals surface area contributed by atoms with Crippen LogP contribution in [-0.4, -0.2) is 51.6 Å². The monoisotopic (exact) mass is 491 g/mol. The second-order valence-electron chi connectivity index (χ2n) is 9.82. The fraction of sp³-hybridized carbons (Fsp3) is 0.296. The normalized spacial score (nSPS) is 14.5. The van der Waals surface area contributed by atoms with Gasteiger partial charge in [0, 0.05) is 53.9 Å². The lowest BCUT2D eigenvalue weighted by molar-refractivity contribution is 0.0741. The molecule has 1 aliphatic heterocycles. The Morgan fingerprint density at radius 3 is 2.40 bits per heavy atom. The number of anilines is 1. The van der Waals surface area contributed by atoms with Gasteiger partial charge < -0.3 is 9.80 Å². The van der Waals surface area contributed by atoms with Crippen molar-refractivity contribution in [1.82, 2.24) is 19.5 Å². The Hall–Kier alpha value is -3.45. The van der Waals surface area contributed by atoms with Gasteiger partial charge in [-0.25, -0.2) is 13.9 Å². The third-order valence-electron chi connectivity index (χ3n) is 6.30. The van der Waals surface area contributed by atoms with Crippen molar-refractivity contribution >= 4 is 28.8 Å². The lowest BCUT2D eigenvalue weighted by Gasteiger charge is -2.36. The minimum absolute atomic E-state index is 0.172. The van der Waals surface area contributed by atoms with E-state index in [0.29, 0.717) is 48.1 Å². The molecule has 0 radical (unpaired) electrons. The molecule has 0 atom stereocenters. The largest absolute Gasteiger partial charge is 0.368 e. The van der Waals surface area contributed by atoms with Gasteiger partial charge in [-0.2, -0.15) is 5.10 Å². The number of carbonyl (C=O) groups excluding carboxylic acids is 1. The van der Waals surface area contributed by atoms with Crippen LogP contribution in [0.3, 0.4) is 0 Å². The third-order valence-corrected chi connectivity index (χ3v) is 6.54. The van der Waals surface area contributed by atoms with Crippen LogP contribution in [0.5, 0.6) is 0 Å². The number of benzene rings is 2. The summed E-state index contributed by atoms with van der Waals surface area (Å²) in [5.41, 5.74) is 3.33. The van der Waals surface area contributed by atoms with E-state index >= 15 is 0 Å². The molecular weight excluding hydrogens is 465 g/mol. The van der Waals surface area contributed by atoms with Gasteiger partial charge in [-0.05, 0) is 36.4 Å². The Labute approximate surface area is 209 Å². The van der Waals surface area contributed by atoms with E-state index in [4.69, 9.17) is 16.7 Å². The quantitative estimate of drug-likeness (QED) is 0.382. The molecule has 8 heteroatoms. The van der Waals surface area contributed by atoms with Crippen LogP contribution in [0.25, 0.3) is 16.9 Å². The number of amides is 1. The maximum absolute atomic E-state index is 14.8. The molecule has 4 aromatic rings. The zero-order valence-electron chi connectivity index (χ0n) is 20.0. The van der Waals surface area contributed by atoms with Crippen molar-refractivity contribution in [3.63, 3.8) is 0 Å². The first-order chi connectivity index (χ1) is 16.7. The zero-order chi connectivity index (χ0) is 24.7. The Balaban J connectivity index is 1.48. The highest BCUT2D eigenvalue weighted by atomic mass is 35.5. The van der Waals surface area contributed by atoms with Crippen molar-refractivity contribution in [2.75, 3.05) is 31.1 Å². The highest BCUT2D eigenvalue weighted by Gasteiger charge is 2.26. The van der Waals surface area contributed by atoms with Gasteiger partial charge in [0.05, 0.1) is 11.4 Å². The van der Waals surface area contributed by atoms with Crippen molar-refractivity contribution in [2.24, 2.45) is 0 Å². The average molecular weight is 492 g/mol. The first-order valence-electron chi connectivity index (χ1n) is 11.7. The van der Waals surface area contributed by atoms with Crippen LogP contribution < -0.4 is 4.90 Å². The molecule has 1 amide bonds. The number of halogens is 2. The Bertz CT molecular complexity index is 1400. The summed E-state index contributed by atoms with van der Waals surface area (Å²) in [5.74, 6) is -0.546. The van der Waals surface area contributed by atoms with E-state index in [0.717, 1.165) is 11.4 Å². The van der Waals surface area contributed by atoms with E-state index in [1.807, 2.05) is 30.3 Å². The highest BCUT2D eigenvalue weighted by Crippen LogP contribution is 2.28. The summed E-state index contributed by atoms with van der Waals surface area (Å²) < 4.78 is 16.4. The molecule has 180 valence electrons. The fourth-order valence-corrected chi connectivity index (χ4v) is 4.50. The fourth-order valence-electron chi connectivity index (χ4n) is 4.31. The summed E-state index contributed by atoms with van der Waals surface area (Å²) in [6.07, 6.45) is 0. The van der Waals surface area contributed by atoms with Crippen LogP contribution in [0.4, 0.5) is 10.1 Å². The molecule has 1 fully saturated rings. The van der Waals surface area contributed by atoms with Gasteiger partial charge in [0.15, 0.2) is 5.65 Å². The summed E-state index contributed by atoms with van der Waals surface area (Å²) in [5, 5.41) is 5.40. The van der Waals surface area contributed by atoms with Crippen molar-refractivity contribution in [3.05, 3.63) is 82.9 Å². The van der Waals surface area contributed by atoms with Crippen molar-refractivity contribution in [3.8, 4) is 11.3 Å². The predicted molar refractivity (Wildman–Crippen MR) is 137 cm³/mol. The molecule has 0 N–H and O–H groups in total. The number of carbonyl (C=O) groups is 1. The van der Waals surface area contributed by atoms with E-state index in [2.05, 4.69) is 30.7 Å². The molecule has 3 heterocycles. The topological polar surface area (TPSA) is 53.7 Å². The lowest BCUT2D eigenvalue weighted by atomic mass is 9.93.